The molecule has 0 saturated carbocycles. The molecular weight excluding hydrogens is 416 g/mol. The number of nitrogens with zero attached hydrogens (tertiary/aromatic N) is 2. The zero-order chi connectivity index (χ0) is 23.9. The molecule has 0 aromatic rings. The molecule has 2 aliphatic rings. The first-order valence-electron chi connectivity index (χ1n) is 11.6. The SMILES string of the molecule is CC(C)(C)OC(=O)N1CCCC(COC(=O)OCC2CCCN(C(=O)OC(C)(C)C)C2)C1. The molecule has 9 heteroatoms. The summed E-state index contributed by atoms with van der Waals surface area (Å²) >= 11 is 0. The molecule has 0 aromatic heterocycles. The summed E-state index contributed by atoms with van der Waals surface area (Å²) in [5.41, 5.74) is -1.08. The van der Waals surface area contributed by atoms with Gasteiger partial charge in [-0.3, -0.25) is 0 Å². The second-order valence-electron chi connectivity index (χ2n) is 10.7. The lowest BCUT2D eigenvalue weighted by Gasteiger charge is -2.34. The van der Waals surface area contributed by atoms with Crippen LogP contribution < -0.4 is 0 Å². The smallest absolute Gasteiger partial charge is 0.444 e. The molecule has 2 amide bonds. The van der Waals surface area contributed by atoms with E-state index in [4.69, 9.17) is 18.9 Å². The number of carbonyl (C=O) groups excluding carboxylic acids is 3. The lowest BCUT2D eigenvalue weighted by molar-refractivity contribution is -0.00205. The molecule has 2 heterocycles. The van der Waals surface area contributed by atoms with Gasteiger partial charge in [-0.25, -0.2) is 14.4 Å². The van der Waals surface area contributed by atoms with E-state index >= 15 is 0 Å². The molecule has 9 nitrogen and oxygen atoms in total. The Hall–Kier alpha value is -2.19. The Balaban J connectivity index is 1.69. The summed E-state index contributed by atoms with van der Waals surface area (Å²) in [7, 11) is 0. The van der Waals surface area contributed by atoms with Crippen LogP contribution in [0.2, 0.25) is 0 Å². The van der Waals surface area contributed by atoms with Gasteiger partial charge in [-0.2, -0.15) is 0 Å². The van der Waals surface area contributed by atoms with Crippen molar-refractivity contribution in [2.75, 3.05) is 39.4 Å². The summed E-state index contributed by atoms with van der Waals surface area (Å²) < 4.78 is 21.4. The van der Waals surface area contributed by atoms with Crippen LogP contribution >= 0.6 is 0 Å². The average molecular weight is 457 g/mol. The first-order chi connectivity index (χ1) is 14.8. The van der Waals surface area contributed by atoms with Crippen LogP contribution in [0.1, 0.15) is 67.2 Å². The maximum atomic E-state index is 12.3. The van der Waals surface area contributed by atoms with Gasteiger partial charge in [0.25, 0.3) is 0 Å². The van der Waals surface area contributed by atoms with Gasteiger partial charge in [-0.15, -0.1) is 0 Å². The molecule has 2 fully saturated rings. The molecule has 184 valence electrons. The number of hydrogen-bond acceptors (Lipinski definition) is 7. The molecule has 2 saturated heterocycles. The number of carbonyl (C=O) groups is 3. The Morgan fingerprint density at radius 3 is 1.44 bits per heavy atom. The summed E-state index contributed by atoms with van der Waals surface area (Å²) in [6.07, 6.45) is 2.04. The fourth-order valence-electron chi connectivity index (χ4n) is 3.80. The second-order valence-corrected chi connectivity index (χ2v) is 10.7. The van der Waals surface area contributed by atoms with Gasteiger partial charge in [0.2, 0.25) is 0 Å². The van der Waals surface area contributed by atoms with Crippen molar-refractivity contribution in [3.05, 3.63) is 0 Å². The Morgan fingerprint density at radius 2 is 1.09 bits per heavy atom. The summed E-state index contributed by atoms with van der Waals surface area (Å²) in [5, 5.41) is 0. The van der Waals surface area contributed by atoms with E-state index in [9.17, 15) is 14.4 Å². The molecular formula is C23H40N2O7. The monoisotopic (exact) mass is 456 g/mol. The van der Waals surface area contributed by atoms with Crippen molar-refractivity contribution < 1.29 is 33.3 Å². The fraction of sp³-hybridized carbons (Fsp3) is 0.870. The van der Waals surface area contributed by atoms with Crippen LogP contribution in [-0.4, -0.2) is 78.7 Å². The van der Waals surface area contributed by atoms with Gasteiger partial charge in [0.1, 0.15) is 11.2 Å². The summed E-state index contributed by atoms with van der Waals surface area (Å²) in [6, 6.07) is 0. The molecule has 0 bridgehead atoms. The molecule has 2 atom stereocenters. The van der Waals surface area contributed by atoms with Crippen LogP contribution in [0.25, 0.3) is 0 Å². The van der Waals surface area contributed by atoms with Crippen molar-refractivity contribution in [3.8, 4) is 0 Å². The highest BCUT2D eigenvalue weighted by Gasteiger charge is 2.30. The minimum Gasteiger partial charge on any atom is -0.444 e. The van der Waals surface area contributed by atoms with E-state index in [1.165, 1.54) is 0 Å². The van der Waals surface area contributed by atoms with E-state index in [0.29, 0.717) is 26.2 Å². The fourth-order valence-corrected chi connectivity index (χ4v) is 3.80. The number of amides is 2. The summed E-state index contributed by atoms with van der Waals surface area (Å²) in [6.45, 7) is 13.7. The number of ether oxygens (including phenoxy) is 4. The molecule has 2 rings (SSSR count). The van der Waals surface area contributed by atoms with Crippen LogP contribution in [0, 0.1) is 11.8 Å². The Labute approximate surface area is 191 Å². The van der Waals surface area contributed by atoms with Crippen LogP contribution in [0.15, 0.2) is 0 Å². The lowest BCUT2D eigenvalue weighted by Crippen LogP contribution is -2.44. The van der Waals surface area contributed by atoms with Gasteiger partial charge >= 0.3 is 18.3 Å². The standard InChI is InChI=1S/C23H40N2O7/c1-22(2,3)31-19(26)24-11-7-9-17(13-24)15-29-21(28)30-16-18-10-8-12-25(14-18)20(27)32-23(4,5)6/h17-18H,7-16H2,1-6H3. The lowest BCUT2D eigenvalue weighted by atomic mass is 9.99. The van der Waals surface area contributed by atoms with Gasteiger partial charge in [0.15, 0.2) is 0 Å². The highest BCUT2D eigenvalue weighted by molar-refractivity contribution is 5.68. The maximum Gasteiger partial charge on any atom is 0.508 e. The normalized spacial score (nSPS) is 22.2. The van der Waals surface area contributed by atoms with Crippen molar-refractivity contribution in [3.63, 3.8) is 0 Å². The van der Waals surface area contributed by atoms with Crippen LogP contribution in [0.3, 0.4) is 0 Å². The first kappa shape index (κ1) is 26.1. The van der Waals surface area contributed by atoms with Crippen molar-refractivity contribution >= 4 is 18.3 Å². The topological polar surface area (TPSA) is 94.6 Å². The highest BCUT2D eigenvalue weighted by Crippen LogP contribution is 2.21. The molecule has 0 aromatic carbocycles. The minimum absolute atomic E-state index is 0.0566. The van der Waals surface area contributed by atoms with Gasteiger partial charge in [0, 0.05) is 38.0 Å². The largest absolute Gasteiger partial charge is 0.508 e. The van der Waals surface area contributed by atoms with Crippen LogP contribution in [0.4, 0.5) is 14.4 Å². The summed E-state index contributed by atoms with van der Waals surface area (Å²) in [5.74, 6) is 0.113. The quantitative estimate of drug-likeness (QED) is 0.456. The van der Waals surface area contributed by atoms with Gasteiger partial charge in [-0.1, -0.05) is 0 Å². The predicted octanol–water partition coefficient (Wildman–Crippen LogP) is 4.43. The van der Waals surface area contributed by atoms with E-state index < -0.39 is 17.4 Å². The zero-order valence-corrected chi connectivity index (χ0v) is 20.5. The number of likely N-dealkylation sites (tertiary alicyclic amines) is 2. The molecule has 0 radical (unpaired) electrons. The maximum absolute atomic E-state index is 12.3. The van der Waals surface area contributed by atoms with E-state index in [-0.39, 0.29) is 37.2 Å². The molecule has 0 N–H and O–H groups in total. The highest BCUT2D eigenvalue weighted by atomic mass is 16.7. The molecule has 2 unspecified atom stereocenters. The van der Waals surface area contributed by atoms with Crippen molar-refractivity contribution in [2.24, 2.45) is 11.8 Å². The second kappa shape index (κ2) is 11.1. The molecule has 32 heavy (non-hydrogen) atoms. The molecule has 0 spiro atoms. The van der Waals surface area contributed by atoms with Gasteiger partial charge < -0.3 is 28.7 Å². The van der Waals surface area contributed by atoms with Crippen molar-refractivity contribution in [1.82, 2.24) is 9.80 Å². The minimum atomic E-state index is -0.714. The number of rotatable bonds is 4. The third-order valence-electron chi connectivity index (χ3n) is 5.22. The van der Waals surface area contributed by atoms with Gasteiger partial charge in [0.05, 0.1) is 13.2 Å². The first-order valence-corrected chi connectivity index (χ1v) is 11.6. The Bertz CT molecular complexity index is 600. The Morgan fingerprint density at radius 1 is 0.719 bits per heavy atom. The van der Waals surface area contributed by atoms with Crippen molar-refractivity contribution in [1.29, 1.82) is 0 Å². The van der Waals surface area contributed by atoms with E-state index in [0.717, 1.165) is 25.7 Å². The number of hydrogen-bond donors (Lipinski definition) is 0. The van der Waals surface area contributed by atoms with E-state index in [1.807, 2.05) is 41.5 Å². The van der Waals surface area contributed by atoms with Crippen LogP contribution in [0.5, 0.6) is 0 Å². The molecule has 2 aliphatic heterocycles. The zero-order valence-electron chi connectivity index (χ0n) is 20.5. The Kier molecular flexibility index (Phi) is 9.04. The van der Waals surface area contributed by atoms with E-state index in [2.05, 4.69) is 0 Å². The predicted molar refractivity (Wildman–Crippen MR) is 118 cm³/mol. The third-order valence-corrected chi connectivity index (χ3v) is 5.22. The molecule has 0 aliphatic carbocycles. The number of piperidine rings is 2. The third kappa shape index (κ3) is 9.53. The summed E-state index contributed by atoms with van der Waals surface area (Å²) in [4.78, 5) is 39.9. The van der Waals surface area contributed by atoms with Crippen LogP contribution in [-0.2, 0) is 18.9 Å². The van der Waals surface area contributed by atoms with Gasteiger partial charge in [-0.05, 0) is 67.2 Å². The van der Waals surface area contributed by atoms with E-state index in [1.54, 1.807) is 9.80 Å². The van der Waals surface area contributed by atoms with Crippen molar-refractivity contribution in [2.45, 2.75) is 78.4 Å². The average Bonchev–Trinajstić information content (AvgIpc) is 2.68.